The molecule has 7 aromatic rings. The van der Waals surface area contributed by atoms with Crippen LogP contribution in [-0.2, 0) is 120 Å². The van der Waals surface area contributed by atoms with E-state index in [1.54, 1.807) is 149 Å². The maximum Gasteiger partial charge on any atom is 0.304 e. The molecular formula is C99H125N13O20. The Morgan fingerprint density at radius 3 is 1.55 bits per heavy atom. The molecule has 706 valence electrons. The second-order valence-electron chi connectivity index (χ2n) is 35.0. The van der Waals surface area contributed by atoms with Crippen molar-refractivity contribution in [2.75, 3.05) is 54.9 Å². The van der Waals surface area contributed by atoms with Crippen LogP contribution in [0.5, 0.6) is 11.5 Å². The van der Waals surface area contributed by atoms with Crippen LogP contribution in [-0.4, -0.2) is 248 Å². The molecule has 0 unspecified atom stereocenters. The molecule has 33 nitrogen and oxygen atoms in total. The van der Waals surface area contributed by atoms with Crippen LogP contribution in [0.15, 0.2) is 170 Å². The van der Waals surface area contributed by atoms with E-state index in [0.717, 1.165) is 19.6 Å². The van der Waals surface area contributed by atoms with Crippen molar-refractivity contribution in [3.05, 3.63) is 203 Å². The molecule has 8 rings (SSSR count). The minimum Gasteiger partial charge on any atom is -0.508 e. The highest BCUT2D eigenvalue weighted by Crippen LogP contribution is 2.29. The summed E-state index contributed by atoms with van der Waals surface area (Å²) in [5, 5.41) is 48.1. The number of aromatic hydroxyl groups is 2. The number of H-pyrrole nitrogens is 1. The molecule has 2 heterocycles. The number of unbranched alkanes of at least 4 members (excludes halogenated alkanes) is 1. The second-order valence-corrected chi connectivity index (χ2v) is 35.0. The number of nitrogens with two attached hydrogens (primary N) is 1. The van der Waals surface area contributed by atoms with Crippen LogP contribution in [0.4, 0.5) is 0 Å². The number of carboxylic acids is 1. The number of rotatable bonds is 24. The number of hydrogen-bond acceptors (Lipinski definition) is 19. The molecule has 1 saturated heterocycles. The first kappa shape index (κ1) is 104. The summed E-state index contributed by atoms with van der Waals surface area (Å²) in [6.45, 7) is 6.46. The normalized spacial score (nSPS) is 22.0. The fourth-order valence-corrected chi connectivity index (χ4v) is 16.3. The molecule has 12 N–H and O–H groups in total. The Kier molecular flexibility index (Phi) is 39.6. The summed E-state index contributed by atoms with van der Waals surface area (Å²) in [6.07, 6.45) is -3.31. The number of amides is 12. The van der Waals surface area contributed by atoms with E-state index in [1.165, 1.54) is 88.7 Å². The van der Waals surface area contributed by atoms with Gasteiger partial charge in [-0.25, -0.2) is 0 Å². The van der Waals surface area contributed by atoms with Gasteiger partial charge >= 0.3 is 5.97 Å². The highest BCUT2D eigenvalue weighted by atomic mass is 16.4. The monoisotopic (exact) mass is 1820 g/mol. The number of aromatic nitrogens is 1. The number of carboxylic acid groups (broad SMARTS) is 1. The number of benzene rings is 6. The molecule has 132 heavy (non-hydrogen) atoms. The average molecular weight is 1820 g/mol. The van der Waals surface area contributed by atoms with Gasteiger partial charge in [0.2, 0.25) is 70.9 Å². The van der Waals surface area contributed by atoms with Gasteiger partial charge in [0.25, 0.3) is 0 Å². The number of nitrogens with one attached hydrogen (secondary N) is 7. The molecule has 1 aliphatic heterocycles. The van der Waals surface area contributed by atoms with Crippen LogP contribution in [0.1, 0.15) is 145 Å². The number of aliphatic carboxylic acids is 1. The van der Waals surface area contributed by atoms with E-state index in [9.17, 15) is 58.5 Å². The van der Waals surface area contributed by atoms with Crippen molar-refractivity contribution >= 4 is 111 Å². The van der Waals surface area contributed by atoms with Gasteiger partial charge in [-0.2, -0.15) is 0 Å². The van der Waals surface area contributed by atoms with Crippen molar-refractivity contribution < 1.29 is 96.8 Å². The summed E-state index contributed by atoms with van der Waals surface area (Å²) in [7, 11) is 6.67. The van der Waals surface area contributed by atoms with Gasteiger partial charge in [0.05, 0.1) is 38.1 Å². The first-order valence-corrected chi connectivity index (χ1v) is 44.7. The maximum atomic E-state index is 15.5. The molecule has 33 heteroatoms. The largest absolute Gasteiger partial charge is 0.508 e. The predicted octanol–water partition coefficient (Wildman–Crippen LogP) is 5.99. The number of ketones is 4. The third-order valence-corrected chi connectivity index (χ3v) is 23.9. The van der Waals surface area contributed by atoms with Gasteiger partial charge in [-0.1, -0.05) is 181 Å². The van der Waals surface area contributed by atoms with Crippen molar-refractivity contribution in [3.63, 3.8) is 0 Å². The zero-order valence-electron chi connectivity index (χ0n) is 76.6. The summed E-state index contributed by atoms with van der Waals surface area (Å²) in [5.74, 6) is -19.8. The van der Waals surface area contributed by atoms with Crippen LogP contribution in [0.3, 0.4) is 0 Å². The van der Waals surface area contributed by atoms with Crippen LogP contribution in [0, 0.1) is 29.6 Å². The Labute approximate surface area is 768 Å². The van der Waals surface area contributed by atoms with Crippen LogP contribution >= 0.6 is 0 Å². The van der Waals surface area contributed by atoms with Gasteiger partial charge in [-0.15, -0.1) is 0 Å². The molecule has 1 aliphatic rings. The topological polar surface area (TPSA) is 481 Å². The number of carbonyl (C=O) groups excluding carboxylic acids is 16. The Morgan fingerprint density at radius 2 is 0.977 bits per heavy atom. The van der Waals surface area contributed by atoms with E-state index >= 15 is 38.4 Å². The lowest BCUT2D eigenvalue weighted by atomic mass is 9.83. The molecule has 1 fully saturated rings. The van der Waals surface area contributed by atoms with Crippen molar-refractivity contribution in [1.82, 2.24) is 61.4 Å². The number of likely N-dealkylation sites (N-methyl/N-ethyl adjacent to an activating group) is 5. The first-order chi connectivity index (χ1) is 62.8. The van der Waals surface area contributed by atoms with E-state index in [1.807, 2.05) is 6.92 Å². The number of Topliss-reactive ketones (excluding diaryl/α,β-unsaturated/α-hetero) is 4. The van der Waals surface area contributed by atoms with Gasteiger partial charge in [-0.05, 0) is 101 Å². The maximum absolute atomic E-state index is 15.5. The highest BCUT2D eigenvalue weighted by Gasteiger charge is 2.43. The van der Waals surface area contributed by atoms with Gasteiger partial charge in [0, 0.05) is 141 Å². The number of phenols is 2. The Hall–Kier alpha value is -13.8. The summed E-state index contributed by atoms with van der Waals surface area (Å²) < 4.78 is 0. The second kappa shape index (κ2) is 50.4. The van der Waals surface area contributed by atoms with E-state index < -0.39 is 243 Å². The van der Waals surface area contributed by atoms with Gasteiger partial charge in [0.1, 0.15) is 53.5 Å². The summed E-state index contributed by atoms with van der Waals surface area (Å²) in [6, 6.07) is 32.9. The number of aromatic amines is 1. The Balaban J connectivity index is 1.20. The molecule has 6 aromatic carbocycles. The zero-order chi connectivity index (χ0) is 96.6. The molecule has 12 amide bonds. The zero-order valence-corrected chi connectivity index (χ0v) is 76.6. The molecule has 0 saturated carbocycles. The predicted molar refractivity (Wildman–Crippen MR) is 492 cm³/mol. The van der Waals surface area contributed by atoms with Gasteiger partial charge in [-0.3, -0.25) is 81.5 Å². The van der Waals surface area contributed by atoms with Crippen LogP contribution in [0.25, 0.3) is 10.9 Å². The fourth-order valence-electron chi connectivity index (χ4n) is 16.3. The van der Waals surface area contributed by atoms with Gasteiger partial charge in [0.15, 0.2) is 17.3 Å². The minimum absolute atomic E-state index is 0.0527. The standard InChI is InChI=1S/C99H125N13O20/c1-11-12-32-81-98(131)108(6)58-72(115)51-67(54-91(123)124)85(117)55-74(61(4)5)95(128)111(9)82(49-63-26-18-14-19-27-63)94(127)107-79(48-66-35-39-71(114)40-36-66)96(129)109(7)59-90(122)103-77(52-69-56-101-75-31-23-22-30-73(69)75)86(118)53-68(46-65-33-37-70(113)38-34-65)92(125)106-78(45-60(2)3)93(126)105-76(84(116)42-43-87(100)119)41-44-88(120)102-57-89(121)104-80(47-62-24-16-13-17-25-62)97(130)112(10)83(99(132)110(81)8)50-64-28-20-15-21-29-64/h13-31,33-40,56,60-61,67-68,74,76-83,101,113-114H,11-12,32,41-55,57-59H2,1-10H3,(H2,100,119)(H,102,120)(H,103,122)(H,104,121)(H,105,126)(H,106,125)(H,107,127)(H,123,124)/t67-,68+,74-,76-,77-,78-,79-,80-,81-,82-,83-/m0/s1. The molecule has 0 bridgehead atoms. The SMILES string of the molecule is CCCC[C@H]1C(=O)N(C)CC(=O)C[C@@H](CC(=O)O)C(=O)C[C@@H](C(C)C)C(=O)N(C)[C@@H](Cc2ccccc2)C(=O)N[C@@H](Cc2ccc(O)cc2)C(=O)N(C)CC(=O)N[C@@H](Cc2c[nH]c3ccccc23)C(=O)C[C@@H](Cc2ccc(O)cc2)C(=O)N[C@@H](CC(C)C)C(=O)N[C@H](C(=O)CCC(N)=O)CCC(=O)NCC(=O)N[C@@H](Cc2ccccc2)C(=O)N(C)[C@@H](Cc2ccccc2)C(=O)N1C. The van der Waals surface area contributed by atoms with E-state index in [0.29, 0.717) is 57.1 Å². The van der Waals surface area contributed by atoms with Crippen molar-refractivity contribution in [3.8, 4) is 11.5 Å². The fraction of sp³-hybridized carbons (Fsp3) is 0.444. The summed E-state index contributed by atoms with van der Waals surface area (Å²) in [5.41, 5.74) is 9.30. The number of nitrogens with zero attached hydrogens (tertiary/aromatic N) is 5. The van der Waals surface area contributed by atoms with E-state index in [2.05, 4.69) is 36.9 Å². The Morgan fingerprint density at radius 1 is 0.462 bits per heavy atom. The molecule has 0 spiro atoms. The van der Waals surface area contributed by atoms with E-state index in [4.69, 9.17) is 5.73 Å². The lowest BCUT2D eigenvalue weighted by Crippen LogP contribution is -2.59. The average Bonchev–Trinajstić information content (AvgIpc) is 1.51. The third kappa shape index (κ3) is 31.5. The summed E-state index contributed by atoms with van der Waals surface area (Å²) >= 11 is 0. The number of para-hydroxylation sites is 1. The van der Waals surface area contributed by atoms with Crippen molar-refractivity contribution in [1.29, 1.82) is 0 Å². The highest BCUT2D eigenvalue weighted by molar-refractivity contribution is 6.01. The minimum atomic E-state index is -1.55. The van der Waals surface area contributed by atoms with Crippen molar-refractivity contribution in [2.45, 2.75) is 199 Å². The summed E-state index contributed by atoms with van der Waals surface area (Å²) in [4.78, 5) is 258. The number of fused-ring (bicyclic) bond motifs is 1. The molecule has 1 aromatic heterocycles. The molecule has 0 radical (unpaired) electrons. The first-order valence-electron chi connectivity index (χ1n) is 44.7. The Bertz CT molecular complexity index is 5190. The van der Waals surface area contributed by atoms with E-state index in [-0.39, 0.29) is 68.8 Å². The number of primary amides is 1. The smallest absolute Gasteiger partial charge is 0.304 e. The number of carbonyl (C=O) groups is 17. The molecule has 0 aliphatic carbocycles. The third-order valence-electron chi connectivity index (χ3n) is 23.9. The lowest BCUT2D eigenvalue weighted by Gasteiger charge is -2.37. The quantitative estimate of drug-likeness (QED) is 0.0331. The molecular weight excluding hydrogens is 1690 g/mol. The molecule has 11 atom stereocenters. The van der Waals surface area contributed by atoms with Crippen LogP contribution < -0.4 is 37.6 Å². The van der Waals surface area contributed by atoms with Crippen molar-refractivity contribution in [2.24, 2.45) is 35.3 Å². The van der Waals surface area contributed by atoms with Gasteiger partial charge < -0.3 is 82.4 Å². The lowest BCUT2D eigenvalue weighted by molar-refractivity contribution is -0.151. The van der Waals surface area contributed by atoms with Crippen LogP contribution in [0.2, 0.25) is 0 Å². The number of phenolic OH excluding ortho intramolecular Hbond substituents is 2. The number of hydrogen-bond donors (Lipinski definition) is 11.